The maximum Gasteiger partial charge on any atom is 0.129 e. The lowest BCUT2D eigenvalue weighted by Gasteiger charge is -2.42. The van der Waals surface area contributed by atoms with Gasteiger partial charge in [0.1, 0.15) is 5.82 Å². The summed E-state index contributed by atoms with van der Waals surface area (Å²) in [7, 11) is 0. The number of benzene rings is 1. The van der Waals surface area contributed by atoms with Gasteiger partial charge in [0.15, 0.2) is 0 Å². The lowest BCUT2D eigenvalue weighted by Crippen LogP contribution is -2.40. The number of nitrogens with one attached hydrogen (secondary N) is 1. The number of hydrogen-bond acceptors (Lipinski definition) is 2. The Morgan fingerprint density at radius 3 is 2.38 bits per heavy atom. The lowest BCUT2D eigenvalue weighted by molar-refractivity contribution is 0.199. The Morgan fingerprint density at radius 2 is 1.81 bits per heavy atom. The summed E-state index contributed by atoms with van der Waals surface area (Å²) in [5.41, 5.74) is 2.41. The fraction of sp³-hybridized carbons (Fsp3) is 0.667. The number of halogens is 1. The third-order valence-electron chi connectivity index (χ3n) is 5.31. The largest absolute Gasteiger partial charge is 0.371 e. The molecule has 21 heavy (non-hydrogen) atoms. The van der Waals surface area contributed by atoms with Crippen LogP contribution in [0.25, 0.3) is 0 Å². The Kier molecular flexibility index (Phi) is 5.63. The second kappa shape index (κ2) is 7.26. The van der Waals surface area contributed by atoms with Crippen molar-refractivity contribution in [3.05, 3.63) is 29.6 Å². The molecule has 0 atom stereocenters. The molecule has 1 saturated heterocycles. The van der Waals surface area contributed by atoms with Crippen molar-refractivity contribution in [1.82, 2.24) is 5.32 Å². The molecule has 0 bridgehead atoms. The molecule has 1 N–H and O–H groups in total. The van der Waals surface area contributed by atoms with Gasteiger partial charge in [-0.25, -0.2) is 4.39 Å². The van der Waals surface area contributed by atoms with Gasteiger partial charge in [-0.05, 0) is 36.9 Å². The van der Waals surface area contributed by atoms with Crippen molar-refractivity contribution in [2.45, 2.75) is 53.0 Å². The summed E-state index contributed by atoms with van der Waals surface area (Å²) in [4.78, 5) is 2.37. The van der Waals surface area contributed by atoms with Gasteiger partial charge in [0, 0.05) is 30.9 Å². The molecule has 3 heteroatoms. The smallest absolute Gasteiger partial charge is 0.129 e. The van der Waals surface area contributed by atoms with Crippen LogP contribution in [-0.2, 0) is 6.54 Å². The minimum Gasteiger partial charge on any atom is -0.371 e. The first-order valence-electron chi connectivity index (χ1n) is 8.39. The van der Waals surface area contributed by atoms with Gasteiger partial charge in [-0.1, -0.05) is 39.7 Å². The maximum atomic E-state index is 14.1. The van der Waals surface area contributed by atoms with E-state index in [9.17, 15) is 4.39 Å². The molecule has 2 nitrogen and oxygen atoms in total. The lowest BCUT2D eigenvalue weighted by atomic mass is 9.74. The van der Waals surface area contributed by atoms with Crippen LogP contribution in [0.5, 0.6) is 0 Å². The molecule has 1 aliphatic heterocycles. The fourth-order valence-electron chi connectivity index (χ4n) is 3.45. The highest BCUT2D eigenvalue weighted by Crippen LogP contribution is 2.39. The molecule has 118 valence electrons. The number of rotatable bonds is 6. The molecule has 0 unspecified atom stereocenters. The maximum absolute atomic E-state index is 14.1. The van der Waals surface area contributed by atoms with E-state index in [-0.39, 0.29) is 5.82 Å². The van der Waals surface area contributed by atoms with E-state index in [4.69, 9.17) is 0 Å². The number of anilines is 1. The van der Waals surface area contributed by atoms with E-state index in [1.54, 1.807) is 6.07 Å². The first-order chi connectivity index (χ1) is 10.2. The van der Waals surface area contributed by atoms with Crippen LogP contribution < -0.4 is 10.2 Å². The van der Waals surface area contributed by atoms with E-state index in [0.717, 1.165) is 30.9 Å². The first kappa shape index (κ1) is 16.3. The van der Waals surface area contributed by atoms with E-state index in [1.165, 1.54) is 25.7 Å². The Morgan fingerprint density at radius 1 is 1.14 bits per heavy atom. The standard InChI is InChI=1S/C18H29FN2/c1-4-18(5-2)10-12-21(13-11-18)17-9-7-8-16(19)15(17)14-20-6-3/h7-9,20H,4-6,10-14H2,1-3H3. The molecule has 1 aromatic rings. The van der Waals surface area contributed by atoms with E-state index in [1.807, 2.05) is 6.07 Å². The highest BCUT2D eigenvalue weighted by atomic mass is 19.1. The average Bonchev–Trinajstić information content (AvgIpc) is 2.54. The summed E-state index contributed by atoms with van der Waals surface area (Å²) < 4.78 is 14.1. The van der Waals surface area contributed by atoms with Crippen LogP contribution in [0, 0.1) is 11.2 Å². The van der Waals surface area contributed by atoms with Crippen LogP contribution in [0.15, 0.2) is 18.2 Å². The van der Waals surface area contributed by atoms with Crippen LogP contribution in [0.4, 0.5) is 10.1 Å². The first-order valence-corrected chi connectivity index (χ1v) is 8.39. The number of hydrogen-bond donors (Lipinski definition) is 1. The highest BCUT2D eigenvalue weighted by Gasteiger charge is 2.31. The molecule has 2 rings (SSSR count). The summed E-state index contributed by atoms with van der Waals surface area (Å²) in [5.74, 6) is -0.0868. The summed E-state index contributed by atoms with van der Waals surface area (Å²) >= 11 is 0. The molecule has 0 aliphatic carbocycles. The zero-order valence-corrected chi connectivity index (χ0v) is 13.7. The normalized spacial score (nSPS) is 18.0. The van der Waals surface area contributed by atoms with Crippen molar-refractivity contribution in [3.63, 3.8) is 0 Å². The van der Waals surface area contributed by atoms with Crippen LogP contribution in [0.1, 0.15) is 52.0 Å². The van der Waals surface area contributed by atoms with Gasteiger partial charge in [-0.15, -0.1) is 0 Å². The predicted octanol–water partition coefficient (Wildman–Crippen LogP) is 4.34. The molecule has 0 radical (unpaired) electrons. The zero-order chi connectivity index (χ0) is 15.3. The van der Waals surface area contributed by atoms with Gasteiger partial charge in [0.25, 0.3) is 0 Å². The van der Waals surface area contributed by atoms with Gasteiger partial charge >= 0.3 is 0 Å². The monoisotopic (exact) mass is 292 g/mol. The van der Waals surface area contributed by atoms with Crippen LogP contribution in [0.2, 0.25) is 0 Å². The van der Waals surface area contributed by atoms with Crippen LogP contribution in [-0.4, -0.2) is 19.6 Å². The van der Waals surface area contributed by atoms with Crippen molar-refractivity contribution >= 4 is 5.69 Å². The summed E-state index contributed by atoms with van der Waals surface area (Å²) in [5, 5.41) is 3.26. The molecule has 0 saturated carbocycles. The molecule has 1 heterocycles. The Labute approximate surface area is 128 Å². The average molecular weight is 292 g/mol. The molecular weight excluding hydrogens is 263 g/mol. The predicted molar refractivity (Wildman–Crippen MR) is 88.2 cm³/mol. The summed E-state index contributed by atoms with van der Waals surface area (Å²) in [6.45, 7) is 10.2. The number of piperidine rings is 1. The third kappa shape index (κ3) is 3.57. The number of nitrogens with zero attached hydrogens (tertiary/aromatic N) is 1. The van der Waals surface area contributed by atoms with Crippen molar-refractivity contribution in [3.8, 4) is 0 Å². The van der Waals surface area contributed by atoms with Crippen LogP contribution in [0.3, 0.4) is 0 Å². The van der Waals surface area contributed by atoms with Gasteiger partial charge in [0.2, 0.25) is 0 Å². The van der Waals surface area contributed by atoms with E-state index < -0.39 is 0 Å². The summed E-state index contributed by atoms with van der Waals surface area (Å²) in [6.07, 6.45) is 4.95. The van der Waals surface area contributed by atoms with Crippen molar-refractivity contribution < 1.29 is 4.39 Å². The minimum atomic E-state index is -0.0868. The molecule has 0 aromatic heterocycles. The van der Waals surface area contributed by atoms with Crippen LogP contribution >= 0.6 is 0 Å². The SMILES string of the molecule is CCNCc1c(F)cccc1N1CCC(CC)(CC)CC1. The zero-order valence-electron chi connectivity index (χ0n) is 13.7. The van der Waals surface area contributed by atoms with E-state index >= 15 is 0 Å². The second-order valence-electron chi connectivity index (χ2n) is 6.21. The highest BCUT2D eigenvalue weighted by molar-refractivity contribution is 5.54. The quantitative estimate of drug-likeness (QED) is 0.839. The minimum absolute atomic E-state index is 0.0868. The van der Waals surface area contributed by atoms with E-state index in [2.05, 4.69) is 37.1 Å². The fourth-order valence-corrected chi connectivity index (χ4v) is 3.45. The van der Waals surface area contributed by atoms with Gasteiger partial charge in [-0.2, -0.15) is 0 Å². The molecule has 1 aliphatic rings. The molecular formula is C18H29FN2. The van der Waals surface area contributed by atoms with Crippen molar-refractivity contribution in [2.75, 3.05) is 24.5 Å². The third-order valence-corrected chi connectivity index (χ3v) is 5.31. The van der Waals surface area contributed by atoms with Crippen molar-refractivity contribution in [2.24, 2.45) is 5.41 Å². The van der Waals surface area contributed by atoms with Gasteiger partial charge in [0.05, 0.1) is 0 Å². The Hall–Kier alpha value is -1.09. The molecule has 1 fully saturated rings. The topological polar surface area (TPSA) is 15.3 Å². The molecule has 0 spiro atoms. The Bertz CT molecular complexity index is 445. The second-order valence-corrected chi connectivity index (χ2v) is 6.21. The molecule has 1 aromatic carbocycles. The van der Waals surface area contributed by atoms with E-state index in [0.29, 0.717) is 12.0 Å². The Balaban J connectivity index is 2.14. The van der Waals surface area contributed by atoms with Crippen molar-refractivity contribution in [1.29, 1.82) is 0 Å². The summed E-state index contributed by atoms with van der Waals surface area (Å²) in [6, 6.07) is 5.48. The van der Waals surface area contributed by atoms with Gasteiger partial charge in [-0.3, -0.25) is 0 Å². The molecule has 0 amide bonds. The van der Waals surface area contributed by atoms with Gasteiger partial charge < -0.3 is 10.2 Å².